The van der Waals surface area contributed by atoms with Crippen molar-refractivity contribution in [3.8, 4) is 0 Å². The predicted molar refractivity (Wildman–Crippen MR) is 50.4 cm³/mol. The van der Waals surface area contributed by atoms with Crippen LogP contribution in [0.4, 0.5) is 0 Å². The second kappa shape index (κ2) is 3.56. The average Bonchev–Trinajstić information content (AvgIpc) is 2.07. The van der Waals surface area contributed by atoms with Crippen molar-refractivity contribution in [1.82, 2.24) is 0 Å². The van der Waals surface area contributed by atoms with Gasteiger partial charge in [-0.1, -0.05) is 43.4 Å². The van der Waals surface area contributed by atoms with Gasteiger partial charge in [-0.15, -0.1) is 0 Å². The molecule has 0 saturated heterocycles. The van der Waals surface area contributed by atoms with Gasteiger partial charge in [0.05, 0.1) is 0 Å². The fourth-order valence-electron chi connectivity index (χ4n) is 1.52. The van der Waals surface area contributed by atoms with Crippen LogP contribution in [0.1, 0.15) is 26.7 Å². The van der Waals surface area contributed by atoms with Crippen molar-refractivity contribution in [2.45, 2.75) is 26.7 Å². The van der Waals surface area contributed by atoms with Crippen molar-refractivity contribution in [3.63, 3.8) is 0 Å². The minimum Gasteiger partial charge on any atom is -0.0908 e. The molecule has 0 radical (unpaired) electrons. The molecule has 0 N–H and O–H groups in total. The summed E-state index contributed by atoms with van der Waals surface area (Å²) in [4.78, 5) is 0. The van der Waals surface area contributed by atoms with Crippen LogP contribution in [0.2, 0.25) is 0 Å². The van der Waals surface area contributed by atoms with Crippen LogP contribution in [0.5, 0.6) is 0 Å². The van der Waals surface area contributed by atoms with Crippen molar-refractivity contribution in [2.75, 3.05) is 0 Å². The van der Waals surface area contributed by atoms with Gasteiger partial charge in [0, 0.05) is 5.41 Å². The van der Waals surface area contributed by atoms with Gasteiger partial charge in [-0.25, -0.2) is 0 Å². The van der Waals surface area contributed by atoms with Crippen molar-refractivity contribution in [2.24, 2.45) is 5.41 Å². The SMILES string of the molecule is CC=CC1(CC)C=CC=CC1. The highest BCUT2D eigenvalue weighted by molar-refractivity contribution is 5.21. The summed E-state index contributed by atoms with van der Waals surface area (Å²) < 4.78 is 0. The highest BCUT2D eigenvalue weighted by Crippen LogP contribution is 2.32. The summed E-state index contributed by atoms with van der Waals surface area (Å²) in [6.45, 7) is 4.33. The summed E-state index contributed by atoms with van der Waals surface area (Å²) in [7, 11) is 0. The van der Waals surface area contributed by atoms with Gasteiger partial charge in [0.15, 0.2) is 0 Å². The monoisotopic (exact) mass is 148 g/mol. The van der Waals surface area contributed by atoms with Crippen molar-refractivity contribution in [3.05, 3.63) is 36.5 Å². The largest absolute Gasteiger partial charge is 0.0908 e. The Hall–Kier alpha value is -0.780. The topological polar surface area (TPSA) is 0 Å². The maximum Gasteiger partial charge on any atom is 0.00958 e. The Morgan fingerprint density at radius 1 is 1.45 bits per heavy atom. The van der Waals surface area contributed by atoms with Crippen LogP contribution in [0.15, 0.2) is 36.5 Å². The van der Waals surface area contributed by atoms with E-state index < -0.39 is 0 Å². The lowest BCUT2D eigenvalue weighted by atomic mass is 9.79. The Morgan fingerprint density at radius 3 is 2.73 bits per heavy atom. The summed E-state index contributed by atoms with van der Waals surface area (Å²) in [6.07, 6.45) is 15.6. The molecule has 0 aromatic rings. The molecule has 0 fully saturated rings. The van der Waals surface area contributed by atoms with Crippen LogP contribution < -0.4 is 0 Å². The number of hydrogen-bond acceptors (Lipinski definition) is 0. The van der Waals surface area contributed by atoms with E-state index in [0.29, 0.717) is 5.41 Å². The fraction of sp³-hybridized carbons (Fsp3) is 0.455. The molecule has 0 amide bonds. The minimum atomic E-state index is 0.323. The van der Waals surface area contributed by atoms with E-state index in [1.165, 1.54) is 6.42 Å². The maximum atomic E-state index is 2.30. The van der Waals surface area contributed by atoms with Crippen LogP contribution in [-0.4, -0.2) is 0 Å². The summed E-state index contributed by atoms with van der Waals surface area (Å²) in [5.41, 5.74) is 0.323. The molecule has 1 rings (SSSR count). The van der Waals surface area contributed by atoms with Crippen LogP contribution in [0.3, 0.4) is 0 Å². The second-order valence-electron chi connectivity index (χ2n) is 3.08. The van der Waals surface area contributed by atoms with Crippen LogP contribution in [0.25, 0.3) is 0 Å². The predicted octanol–water partition coefficient (Wildman–Crippen LogP) is 3.48. The van der Waals surface area contributed by atoms with Gasteiger partial charge in [-0.05, 0) is 19.8 Å². The summed E-state index contributed by atoms with van der Waals surface area (Å²) in [6, 6.07) is 0. The molecule has 0 bridgehead atoms. The molecular formula is C11H16. The van der Waals surface area contributed by atoms with Crippen molar-refractivity contribution >= 4 is 0 Å². The molecule has 0 nitrogen and oxygen atoms in total. The smallest absolute Gasteiger partial charge is 0.00958 e. The van der Waals surface area contributed by atoms with E-state index in [-0.39, 0.29) is 0 Å². The van der Waals surface area contributed by atoms with Gasteiger partial charge < -0.3 is 0 Å². The highest BCUT2D eigenvalue weighted by atomic mass is 14.2. The molecule has 11 heavy (non-hydrogen) atoms. The van der Waals surface area contributed by atoms with E-state index in [2.05, 4.69) is 50.3 Å². The normalized spacial score (nSPS) is 30.0. The Balaban J connectivity index is 2.76. The number of hydrogen-bond donors (Lipinski definition) is 0. The second-order valence-corrected chi connectivity index (χ2v) is 3.08. The zero-order valence-corrected chi connectivity index (χ0v) is 7.38. The molecule has 1 aliphatic carbocycles. The molecule has 0 aliphatic heterocycles. The molecule has 0 heterocycles. The van der Waals surface area contributed by atoms with E-state index in [0.717, 1.165) is 6.42 Å². The fourth-order valence-corrected chi connectivity index (χ4v) is 1.52. The van der Waals surface area contributed by atoms with Gasteiger partial charge in [0.1, 0.15) is 0 Å². The minimum absolute atomic E-state index is 0.323. The summed E-state index contributed by atoms with van der Waals surface area (Å²) >= 11 is 0. The van der Waals surface area contributed by atoms with E-state index in [1.807, 2.05) is 0 Å². The first-order valence-corrected chi connectivity index (χ1v) is 4.31. The van der Waals surface area contributed by atoms with E-state index in [4.69, 9.17) is 0 Å². The lowest BCUT2D eigenvalue weighted by Gasteiger charge is -2.25. The first-order chi connectivity index (χ1) is 5.33. The Morgan fingerprint density at radius 2 is 2.27 bits per heavy atom. The van der Waals surface area contributed by atoms with E-state index >= 15 is 0 Å². The quantitative estimate of drug-likeness (QED) is 0.526. The maximum absolute atomic E-state index is 2.30. The molecule has 0 saturated carbocycles. The average molecular weight is 148 g/mol. The Bertz CT molecular complexity index is 196. The standard InChI is InChI=1S/C11H16/c1-3-8-11(4-2)9-6-5-7-10-11/h3,5-9H,4,10H2,1-2H3. The molecule has 60 valence electrons. The Labute approximate surface area is 69.3 Å². The third-order valence-corrected chi connectivity index (χ3v) is 2.33. The van der Waals surface area contributed by atoms with Crippen LogP contribution in [-0.2, 0) is 0 Å². The molecule has 0 spiro atoms. The third kappa shape index (κ3) is 1.83. The summed E-state index contributed by atoms with van der Waals surface area (Å²) in [5.74, 6) is 0. The van der Waals surface area contributed by atoms with Crippen molar-refractivity contribution < 1.29 is 0 Å². The van der Waals surface area contributed by atoms with E-state index in [9.17, 15) is 0 Å². The molecule has 0 aromatic carbocycles. The van der Waals surface area contributed by atoms with E-state index in [1.54, 1.807) is 0 Å². The van der Waals surface area contributed by atoms with Gasteiger partial charge in [0.2, 0.25) is 0 Å². The molecule has 1 atom stereocenters. The molecular weight excluding hydrogens is 132 g/mol. The highest BCUT2D eigenvalue weighted by Gasteiger charge is 2.20. The van der Waals surface area contributed by atoms with Gasteiger partial charge in [0.25, 0.3) is 0 Å². The van der Waals surface area contributed by atoms with Crippen LogP contribution in [0, 0.1) is 5.41 Å². The van der Waals surface area contributed by atoms with Gasteiger partial charge >= 0.3 is 0 Å². The summed E-state index contributed by atoms with van der Waals surface area (Å²) in [5, 5.41) is 0. The number of allylic oxidation sites excluding steroid dienone is 6. The zero-order chi connectivity index (χ0) is 8.16. The first-order valence-electron chi connectivity index (χ1n) is 4.31. The zero-order valence-electron chi connectivity index (χ0n) is 7.38. The third-order valence-electron chi connectivity index (χ3n) is 2.33. The lowest BCUT2D eigenvalue weighted by molar-refractivity contribution is 0.476. The lowest BCUT2D eigenvalue weighted by Crippen LogP contribution is -2.13. The Kier molecular flexibility index (Phi) is 2.70. The van der Waals surface area contributed by atoms with Gasteiger partial charge in [-0.2, -0.15) is 0 Å². The molecule has 1 aliphatic rings. The molecule has 1 unspecified atom stereocenters. The van der Waals surface area contributed by atoms with Gasteiger partial charge in [-0.3, -0.25) is 0 Å². The number of rotatable bonds is 2. The van der Waals surface area contributed by atoms with Crippen LogP contribution >= 0.6 is 0 Å². The first kappa shape index (κ1) is 8.32. The molecule has 0 aromatic heterocycles. The van der Waals surface area contributed by atoms with Crippen molar-refractivity contribution in [1.29, 1.82) is 0 Å². The molecule has 0 heteroatoms.